The second-order valence-electron chi connectivity index (χ2n) is 4.49. The van der Waals surface area contributed by atoms with E-state index in [0.29, 0.717) is 5.92 Å². The summed E-state index contributed by atoms with van der Waals surface area (Å²) in [6.45, 7) is 3.33. The van der Waals surface area contributed by atoms with E-state index in [9.17, 15) is 0 Å². The Morgan fingerprint density at radius 2 is 2.00 bits per heavy atom. The van der Waals surface area contributed by atoms with E-state index >= 15 is 0 Å². The Balaban J connectivity index is 1.83. The fourth-order valence-electron chi connectivity index (χ4n) is 1.86. The zero-order chi connectivity index (χ0) is 10.7. The largest absolute Gasteiger partial charge is 0.313 e. The molecule has 0 aliphatic heterocycles. The molecule has 82 valence electrons. The lowest BCUT2D eigenvalue weighted by atomic mass is 9.92. The van der Waals surface area contributed by atoms with Gasteiger partial charge in [-0.2, -0.15) is 0 Å². The van der Waals surface area contributed by atoms with Crippen molar-refractivity contribution in [1.29, 1.82) is 0 Å². The summed E-state index contributed by atoms with van der Waals surface area (Å²) in [4.78, 5) is 0. The maximum Gasteiger partial charge on any atom is 0.0406 e. The molecule has 1 saturated carbocycles. The average Bonchev–Trinajstić information content (AvgIpc) is 2.16. The fraction of sp³-hybridized carbons (Fsp3) is 0.538. The van der Waals surface area contributed by atoms with Crippen molar-refractivity contribution in [3.05, 3.63) is 34.9 Å². The van der Waals surface area contributed by atoms with Crippen molar-refractivity contribution < 1.29 is 0 Å². The van der Waals surface area contributed by atoms with Crippen molar-refractivity contribution in [2.24, 2.45) is 0 Å². The molecular weight excluding hydrogens is 206 g/mol. The Bertz CT molecular complexity index is 303. The van der Waals surface area contributed by atoms with Gasteiger partial charge < -0.3 is 5.32 Å². The minimum Gasteiger partial charge on any atom is -0.313 e. The maximum absolute atomic E-state index is 5.86. The predicted molar refractivity (Wildman–Crippen MR) is 65.5 cm³/mol. The Kier molecular flexibility index (Phi) is 3.66. The third kappa shape index (κ3) is 2.96. The van der Waals surface area contributed by atoms with Gasteiger partial charge in [0, 0.05) is 17.6 Å². The fourth-order valence-corrected chi connectivity index (χ4v) is 1.99. The van der Waals surface area contributed by atoms with Crippen LogP contribution in [-0.4, -0.2) is 12.6 Å². The Labute approximate surface area is 96.8 Å². The minimum absolute atomic E-state index is 0.572. The third-order valence-electron chi connectivity index (χ3n) is 3.26. The molecule has 1 aliphatic carbocycles. The molecule has 1 aliphatic rings. The van der Waals surface area contributed by atoms with Gasteiger partial charge in [-0.15, -0.1) is 0 Å². The number of rotatable bonds is 4. The molecule has 0 bridgehead atoms. The van der Waals surface area contributed by atoms with E-state index in [4.69, 9.17) is 11.6 Å². The highest BCUT2D eigenvalue weighted by molar-refractivity contribution is 6.30. The van der Waals surface area contributed by atoms with Crippen LogP contribution in [0.4, 0.5) is 0 Å². The summed E-state index contributed by atoms with van der Waals surface area (Å²) in [5.74, 6) is 0.572. The van der Waals surface area contributed by atoms with Crippen molar-refractivity contribution in [3.63, 3.8) is 0 Å². The first-order valence-electron chi connectivity index (χ1n) is 5.74. The summed E-state index contributed by atoms with van der Waals surface area (Å²) in [6.07, 6.45) is 4.10. The van der Waals surface area contributed by atoms with E-state index in [1.165, 1.54) is 24.8 Å². The molecule has 0 heterocycles. The molecule has 1 nitrogen and oxygen atoms in total. The zero-order valence-electron chi connectivity index (χ0n) is 9.17. The first-order chi connectivity index (χ1) is 7.25. The van der Waals surface area contributed by atoms with Crippen molar-refractivity contribution in [2.75, 3.05) is 6.54 Å². The highest BCUT2D eigenvalue weighted by Gasteiger charge is 2.17. The Morgan fingerprint density at radius 1 is 1.33 bits per heavy atom. The third-order valence-corrected chi connectivity index (χ3v) is 3.51. The molecule has 2 rings (SSSR count). The van der Waals surface area contributed by atoms with E-state index in [-0.39, 0.29) is 0 Å². The first kappa shape index (κ1) is 11.0. The van der Waals surface area contributed by atoms with Crippen LogP contribution in [0, 0.1) is 0 Å². The lowest BCUT2D eigenvalue weighted by molar-refractivity contribution is 0.334. The summed E-state index contributed by atoms with van der Waals surface area (Å²) in [5, 5.41) is 4.42. The quantitative estimate of drug-likeness (QED) is 0.823. The lowest BCUT2D eigenvalue weighted by Gasteiger charge is -2.28. The van der Waals surface area contributed by atoms with E-state index in [0.717, 1.165) is 17.6 Å². The topological polar surface area (TPSA) is 12.0 Å². The normalized spacial score (nSPS) is 18.5. The van der Waals surface area contributed by atoms with Crippen molar-refractivity contribution in [1.82, 2.24) is 5.32 Å². The van der Waals surface area contributed by atoms with Gasteiger partial charge in [0.25, 0.3) is 0 Å². The molecule has 0 saturated heterocycles. The van der Waals surface area contributed by atoms with Gasteiger partial charge in [-0.05, 0) is 36.5 Å². The van der Waals surface area contributed by atoms with Gasteiger partial charge in [-0.1, -0.05) is 37.1 Å². The number of hydrogen-bond donors (Lipinski definition) is 1. The molecule has 1 fully saturated rings. The van der Waals surface area contributed by atoms with Crippen molar-refractivity contribution in [3.8, 4) is 0 Å². The molecule has 1 N–H and O–H groups in total. The number of halogens is 1. The smallest absolute Gasteiger partial charge is 0.0406 e. The Hall–Kier alpha value is -0.530. The highest BCUT2D eigenvalue weighted by atomic mass is 35.5. The van der Waals surface area contributed by atoms with Crippen molar-refractivity contribution in [2.45, 2.75) is 38.1 Å². The van der Waals surface area contributed by atoms with Crippen LogP contribution in [0.5, 0.6) is 0 Å². The van der Waals surface area contributed by atoms with Crippen LogP contribution in [0.15, 0.2) is 24.3 Å². The predicted octanol–water partition coefficient (Wildman–Crippen LogP) is 3.59. The molecule has 0 aromatic heterocycles. The van der Waals surface area contributed by atoms with Crippen LogP contribution < -0.4 is 5.32 Å². The summed E-state index contributed by atoms with van der Waals surface area (Å²) < 4.78 is 0. The first-order valence-corrected chi connectivity index (χ1v) is 6.12. The van der Waals surface area contributed by atoms with Gasteiger partial charge in [0.1, 0.15) is 0 Å². The van der Waals surface area contributed by atoms with Crippen LogP contribution in [0.2, 0.25) is 5.02 Å². The van der Waals surface area contributed by atoms with Gasteiger partial charge in [-0.3, -0.25) is 0 Å². The molecule has 0 radical (unpaired) electrons. The van der Waals surface area contributed by atoms with Crippen LogP contribution in [0.25, 0.3) is 0 Å². The van der Waals surface area contributed by atoms with E-state index < -0.39 is 0 Å². The molecular formula is C13H18ClN. The molecule has 0 spiro atoms. The monoisotopic (exact) mass is 223 g/mol. The molecule has 1 aromatic rings. The Morgan fingerprint density at radius 3 is 2.53 bits per heavy atom. The molecule has 1 aromatic carbocycles. The van der Waals surface area contributed by atoms with Gasteiger partial charge in [0.2, 0.25) is 0 Å². The SMILES string of the molecule is CC(CNC1CCC1)c1ccc(Cl)cc1. The summed E-state index contributed by atoms with van der Waals surface area (Å²) >= 11 is 5.86. The van der Waals surface area contributed by atoms with Crippen LogP contribution in [-0.2, 0) is 0 Å². The summed E-state index contributed by atoms with van der Waals surface area (Å²) in [7, 11) is 0. The van der Waals surface area contributed by atoms with E-state index in [2.05, 4.69) is 24.4 Å². The maximum atomic E-state index is 5.86. The van der Waals surface area contributed by atoms with Gasteiger partial charge in [0.15, 0.2) is 0 Å². The van der Waals surface area contributed by atoms with E-state index in [1.807, 2.05) is 12.1 Å². The lowest BCUT2D eigenvalue weighted by Crippen LogP contribution is -2.37. The zero-order valence-corrected chi connectivity index (χ0v) is 9.93. The van der Waals surface area contributed by atoms with Crippen molar-refractivity contribution >= 4 is 11.6 Å². The molecule has 0 amide bonds. The standard InChI is InChI=1S/C13H18ClN/c1-10(9-15-13-3-2-4-13)11-5-7-12(14)8-6-11/h5-8,10,13,15H,2-4,9H2,1H3. The van der Waals surface area contributed by atoms with Crippen LogP contribution in [0.1, 0.15) is 37.7 Å². The second kappa shape index (κ2) is 5.00. The van der Waals surface area contributed by atoms with Gasteiger partial charge in [-0.25, -0.2) is 0 Å². The minimum atomic E-state index is 0.572. The molecule has 15 heavy (non-hydrogen) atoms. The molecule has 1 unspecified atom stereocenters. The van der Waals surface area contributed by atoms with E-state index in [1.54, 1.807) is 0 Å². The number of benzene rings is 1. The number of nitrogens with one attached hydrogen (secondary N) is 1. The van der Waals surface area contributed by atoms with Crippen LogP contribution in [0.3, 0.4) is 0 Å². The molecule has 2 heteroatoms. The number of hydrogen-bond acceptors (Lipinski definition) is 1. The van der Waals surface area contributed by atoms with Gasteiger partial charge >= 0.3 is 0 Å². The average molecular weight is 224 g/mol. The molecule has 1 atom stereocenters. The van der Waals surface area contributed by atoms with Gasteiger partial charge in [0.05, 0.1) is 0 Å². The summed E-state index contributed by atoms with van der Waals surface area (Å²) in [6, 6.07) is 8.96. The highest BCUT2D eigenvalue weighted by Crippen LogP contribution is 2.21. The van der Waals surface area contributed by atoms with Crippen LogP contribution >= 0.6 is 11.6 Å². The summed E-state index contributed by atoms with van der Waals surface area (Å²) in [5.41, 5.74) is 1.37. The second-order valence-corrected chi connectivity index (χ2v) is 4.93.